The molecule has 1 aromatic rings. The highest BCUT2D eigenvalue weighted by atomic mass is 79.9. The highest BCUT2D eigenvalue weighted by Gasteiger charge is 2.09. The van der Waals surface area contributed by atoms with Gasteiger partial charge in [-0.25, -0.2) is 0 Å². The molecule has 94 valence electrons. The van der Waals surface area contributed by atoms with Crippen LogP contribution in [-0.4, -0.2) is 18.5 Å². The zero-order valence-corrected chi connectivity index (χ0v) is 12.0. The van der Waals surface area contributed by atoms with Crippen molar-refractivity contribution >= 4 is 27.5 Å². The summed E-state index contributed by atoms with van der Waals surface area (Å²) < 4.78 is 0.894. The Morgan fingerprint density at radius 1 is 1.29 bits per heavy atom. The van der Waals surface area contributed by atoms with E-state index in [1.165, 1.54) is 0 Å². The lowest BCUT2D eigenvalue weighted by molar-refractivity contribution is -0.115. The maximum Gasteiger partial charge on any atom is 0.238 e. The number of para-hydroxylation sites is 1. The maximum absolute atomic E-state index is 11.7. The monoisotopic (exact) mass is 298 g/mol. The largest absolute Gasteiger partial charge is 0.324 e. The molecule has 0 saturated heterocycles. The first-order valence-corrected chi connectivity index (χ1v) is 6.57. The average molecular weight is 299 g/mol. The van der Waals surface area contributed by atoms with E-state index in [1.54, 1.807) is 0 Å². The van der Waals surface area contributed by atoms with Gasteiger partial charge < -0.3 is 10.6 Å². The molecule has 0 spiro atoms. The van der Waals surface area contributed by atoms with Gasteiger partial charge in [0, 0.05) is 10.5 Å². The lowest BCUT2D eigenvalue weighted by Gasteiger charge is -2.17. The first kappa shape index (κ1) is 14.2. The number of nitrogens with one attached hydrogen (secondary N) is 2. The zero-order chi connectivity index (χ0) is 12.8. The third-order valence-electron chi connectivity index (χ3n) is 2.73. The van der Waals surface area contributed by atoms with E-state index in [0.717, 1.165) is 10.2 Å². The van der Waals surface area contributed by atoms with E-state index >= 15 is 0 Å². The van der Waals surface area contributed by atoms with Gasteiger partial charge in [-0.15, -0.1) is 0 Å². The van der Waals surface area contributed by atoms with Gasteiger partial charge in [0.15, 0.2) is 0 Å². The van der Waals surface area contributed by atoms with Gasteiger partial charge in [0.05, 0.1) is 12.2 Å². The van der Waals surface area contributed by atoms with E-state index in [1.807, 2.05) is 24.3 Å². The third-order valence-corrected chi connectivity index (χ3v) is 3.42. The number of hydrogen-bond acceptors (Lipinski definition) is 2. The first-order chi connectivity index (χ1) is 8.00. The smallest absolute Gasteiger partial charge is 0.238 e. The van der Waals surface area contributed by atoms with Crippen LogP contribution >= 0.6 is 15.9 Å². The van der Waals surface area contributed by atoms with E-state index in [-0.39, 0.29) is 5.91 Å². The summed E-state index contributed by atoms with van der Waals surface area (Å²) in [7, 11) is 0. The molecular weight excluding hydrogens is 280 g/mol. The second-order valence-corrected chi connectivity index (χ2v) is 5.30. The fourth-order valence-electron chi connectivity index (χ4n) is 1.25. The van der Waals surface area contributed by atoms with E-state index in [0.29, 0.717) is 18.5 Å². The van der Waals surface area contributed by atoms with Crippen LogP contribution in [0.5, 0.6) is 0 Å². The van der Waals surface area contributed by atoms with E-state index in [9.17, 15) is 4.79 Å². The number of halogens is 1. The van der Waals surface area contributed by atoms with Crippen LogP contribution in [0.15, 0.2) is 28.7 Å². The third kappa shape index (κ3) is 4.88. The number of rotatable bonds is 5. The Labute approximate surface area is 111 Å². The number of anilines is 1. The fraction of sp³-hybridized carbons (Fsp3) is 0.462. The second-order valence-electron chi connectivity index (χ2n) is 4.44. The van der Waals surface area contributed by atoms with E-state index < -0.39 is 0 Å². The number of carbonyl (C=O) groups excluding carboxylic acids is 1. The van der Waals surface area contributed by atoms with E-state index in [4.69, 9.17) is 0 Å². The topological polar surface area (TPSA) is 41.1 Å². The molecule has 1 rings (SSSR count). The Kier molecular flexibility index (Phi) is 5.65. The Morgan fingerprint density at radius 3 is 2.53 bits per heavy atom. The fourth-order valence-corrected chi connectivity index (χ4v) is 1.63. The summed E-state index contributed by atoms with van der Waals surface area (Å²) in [6.07, 6.45) is 0. The molecule has 0 heterocycles. The molecule has 1 amide bonds. The van der Waals surface area contributed by atoms with Crippen molar-refractivity contribution in [3.8, 4) is 0 Å². The van der Waals surface area contributed by atoms with Crippen LogP contribution in [0.25, 0.3) is 0 Å². The molecular formula is C13H19BrN2O. The van der Waals surface area contributed by atoms with Crippen molar-refractivity contribution in [2.45, 2.75) is 26.8 Å². The number of hydrogen-bond donors (Lipinski definition) is 2. The molecule has 1 aromatic carbocycles. The maximum atomic E-state index is 11.7. The summed E-state index contributed by atoms with van der Waals surface area (Å²) >= 11 is 3.39. The first-order valence-electron chi connectivity index (χ1n) is 5.78. The van der Waals surface area contributed by atoms with Crippen molar-refractivity contribution in [3.63, 3.8) is 0 Å². The zero-order valence-electron chi connectivity index (χ0n) is 10.5. The number of carbonyl (C=O) groups is 1. The van der Waals surface area contributed by atoms with Gasteiger partial charge >= 0.3 is 0 Å². The standard InChI is InChI=1S/C13H19BrN2O/c1-9(2)10(3)15-8-13(17)16-12-7-5-4-6-11(12)14/h4-7,9-10,15H,8H2,1-3H3,(H,16,17). The normalized spacial score (nSPS) is 12.5. The molecule has 3 nitrogen and oxygen atoms in total. The van der Waals surface area contributed by atoms with Crippen molar-refractivity contribution < 1.29 is 4.79 Å². The summed E-state index contributed by atoms with van der Waals surface area (Å²) in [6, 6.07) is 7.91. The molecule has 1 unspecified atom stereocenters. The molecule has 2 N–H and O–H groups in total. The van der Waals surface area contributed by atoms with Gasteiger partial charge in [-0.2, -0.15) is 0 Å². The molecule has 0 aliphatic rings. The minimum atomic E-state index is -0.0237. The molecule has 0 aliphatic heterocycles. The van der Waals surface area contributed by atoms with Crippen molar-refractivity contribution in [1.82, 2.24) is 5.32 Å². The van der Waals surface area contributed by atoms with Crippen molar-refractivity contribution in [2.75, 3.05) is 11.9 Å². The summed E-state index contributed by atoms with van der Waals surface area (Å²) in [5.74, 6) is 0.496. The van der Waals surface area contributed by atoms with Crippen LogP contribution in [0.2, 0.25) is 0 Å². The Balaban J connectivity index is 2.43. The molecule has 0 aliphatic carbocycles. The van der Waals surface area contributed by atoms with Gasteiger partial charge in [0.2, 0.25) is 5.91 Å². The van der Waals surface area contributed by atoms with Crippen molar-refractivity contribution in [2.24, 2.45) is 5.92 Å². The molecule has 0 aromatic heterocycles. The minimum Gasteiger partial charge on any atom is -0.324 e. The van der Waals surface area contributed by atoms with Gasteiger partial charge in [0.1, 0.15) is 0 Å². The van der Waals surface area contributed by atoms with Gasteiger partial charge in [-0.1, -0.05) is 26.0 Å². The quantitative estimate of drug-likeness (QED) is 0.877. The minimum absolute atomic E-state index is 0.0237. The summed E-state index contributed by atoms with van der Waals surface area (Å²) in [4.78, 5) is 11.7. The van der Waals surface area contributed by atoms with Crippen molar-refractivity contribution in [3.05, 3.63) is 28.7 Å². The molecule has 4 heteroatoms. The second kappa shape index (κ2) is 6.77. The number of amides is 1. The predicted octanol–water partition coefficient (Wildman–Crippen LogP) is 3.02. The molecule has 17 heavy (non-hydrogen) atoms. The number of benzene rings is 1. The van der Waals surface area contributed by atoms with Crippen molar-refractivity contribution in [1.29, 1.82) is 0 Å². The van der Waals surface area contributed by atoms with Crippen LogP contribution in [0.3, 0.4) is 0 Å². The Hall–Kier alpha value is -0.870. The van der Waals surface area contributed by atoms with Crippen LogP contribution in [0.1, 0.15) is 20.8 Å². The highest BCUT2D eigenvalue weighted by Crippen LogP contribution is 2.20. The molecule has 0 saturated carbocycles. The summed E-state index contributed by atoms with van der Waals surface area (Å²) in [5, 5.41) is 6.05. The van der Waals surface area contributed by atoms with Crippen LogP contribution < -0.4 is 10.6 Å². The van der Waals surface area contributed by atoms with Gasteiger partial charge in [-0.05, 0) is 40.9 Å². The lowest BCUT2D eigenvalue weighted by atomic mass is 10.1. The van der Waals surface area contributed by atoms with E-state index in [2.05, 4.69) is 47.3 Å². The molecule has 1 atom stereocenters. The molecule has 0 fully saturated rings. The SMILES string of the molecule is CC(C)C(C)NCC(=O)Nc1ccccc1Br. The average Bonchev–Trinajstić information content (AvgIpc) is 2.29. The van der Waals surface area contributed by atoms with Crippen LogP contribution in [-0.2, 0) is 4.79 Å². The molecule has 0 bridgehead atoms. The summed E-state index contributed by atoms with van der Waals surface area (Å²) in [6.45, 7) is 6.67. The summed E-state index contributed by atoms with van der Waals surface area (Å²) in [5.41, 5.74) is 0.802. The molecule has 0 radical (unpaired) electrons. The highest BCUT2D eigenvalue weighted by molar-refractivity contribution is 9.10. The predicted molar refractivity (Wildman–Crippen MR) is 75.1 cm³/mol. The van der Waals surface area contributed by atoms with Crippen LogP contribution in [0.4, 0.5) is 5.69 Å². The van der Waals surface area contributed by atoms with Gasteiger partial charge in [-0.3, -0.25) is 4.79 Å². The van der Waals surface area contributed by atoms with Crippen LogP contribution in [0, 0.1) is 5.92 Å². The lowest BCUT2D eigenvalue weighted by Crippen LogP contribution is -2.37. The Morgan fingerprint density at radius 2 is 1.94 bits per heavy atom. The Bertz CT molecular complexity index is 379. The van der Waals surface area contributed by atoms with Gasteiger partial charge in [0.25, 0.3) is 0 Å².